The number of nitrogens with zero attached hydrogens (tertiary/aromatic N) is 1. The zero-order chi connectivity index (χ0) is 22.5. The van der Waals surface area contributed by atoms with E-state index >= 15 is 0 Å². The van der Waals surface area contributed by atoms with E-state index < -0.39 is 23.7 Å². The Bertz CT molecular complexity index is 1040. The third-order valence-electron chi connectivity index (χ3n) is 4.86. The minimum Gasteiger partial charge on any atom is -0.424 e. The first kappa shape index (κ1) is 23.0. The number of carbonyl (C=O) groups is 3. The number of hydrogen-bond acceptors (Lipinski definition) is 5. The van der Waals surface area contributed by atoms with E-state index in [-0.39, 0.29) is 34.0 Å². The summed E-state index contributed by atoms with van der Waals surface area (Å²) in [6.45, 7) is 2.11. The van der Waals surface area contributed by atoms with Crippen LogP contribution in [0.3, 0.4) is 0 Å². The largest absolute Gasteiger partial charge is 0.424 e. The van der Waals surface area contributed by atoms with Crippen LogP contribution in [0.25, 0.3) is 11.3 Å². The van der Waals surface area contributed by atoms with Crippen LogP contribution < -0.4 is 10.6 Å². The fourth-order valence-corrected chi connectivity index (χ4v) is 4.24. The second-order valence-electron chi connectivity index (χ2n) is 7.08. The molecule has 164 valence electrons. The predicted molar refractivity (Wildman–Crippen MR) is 119 cm³/mol. The summed E-state index contributed by atoms with van der Waals surface area (Å²) in [4.78, 5) is 38.8. The van der Waals surface area contributed by atoms with Crippen molar-refractivity contribution >= 4 is 57.9 Å². The number of hydrogen-bond donors (Lipinski definition) is 1. The molecule has 0 atom stereocenters. The number of anilines is 1. The Balaban J connectivity index is 2.01. The lowest BCUT2D eigenvalue weighted by Gasteiger charge is -2.12. The van der Waals surface area contributed by atoms with Gasteiger partial charge in [0.2, 0.25) is 0 Å². The smallest absolute Gasteiger partial charge is 0.326 e. The van der Waals surface area contributed by atoms with Crippen molar-refractivity contribution < 1.29 is 23.5 Å². The molecule has 9 heteroatoms. The second-order valence-corrected chi connectivity index (χ2v) is 8.44. The van der Waals surface area contributed by atoms with Gasteiger partial charge in [-0.05, 0) is 30.0 Å². The molecule has 2 heterocycles. The van der Waals surface area contributed by atoms with Crippen molar-refractivity contribution in [2.24, 2.45) is 5.73 Å². The molecule has 1 aromatic carbocycles. The Kier molecular flexibility index (Phi) is 7.46. The van der Waals surface area contributed by atoms with E-state index in [9.17, 15) is 18.8 Å². The first-order valence-electron chi connectivity index (χ1n) is 9.97. The highest BCUT2D eigenvalue weighted by molar-refractivity contribution is 7.11. The lowest BCUT2D eigenvalue weighted by Crippen LogP contribution is -2.38. The van der Waals surface area contributed by atoms with Crippen LogP contribution in [0.5, 0.6) is 0 Å². The van der Waals surface area contributed by atoms with Gasteiger partial charge in [0.25, 0.3) is 5.91 Å². The molecule has 1 aromatic heterocycles. The highest BCUT2D eigenvalue weighted by Gasteiger charge is 2.40. The highest BCUT2D eigenvalue weighted by Crippen LogP contribution is 2.44. The number of amides is 3. The van der Waals surface area contributed by atoms with Gasteiger partial charge in [-0.3, -0.25) is 9.59 Å². The number of carbonyl (C=O) groups excluding carboxylic acids is 3. The van der Waals surface area contributed by atoms with Crippen LogP contribution in [0, 0.1) is 5.82 Å². The lowest BCUT2D eigenvalue weighted by atomic mass is 10.0. The molecular weight excluding hydrogens is 443 g/mol. The van der Waals surface area contributed by atoms with Crippen molar-refractivity contribution in [3.63, 3.8) is 0 Å². The highest BCUT2D eigenvalue weighted by atomic mass is 35.5. The fraction of sp³-hybridized carbons (Fsp3) is 0.318. The molecule has 2 aromatic rings. The molecule has 31 heavy (non-hydrogen) atoms. The van der Waals surface area contributed by atoms with E-state index in [1.165, 1.54) is 11.3 Å². The summed E-state index contributed by atoms with van der Waals surface area (Å²) in [6.07, 6.45) is 4.96. The number of imide groups is 1. The van der Waals surface area contributed by atoms with Gasteiger partial charge in [0.1, 0.15) is 5.82 Å². The zero-order valence-electron chi connectivity index (χ0n) is 17.0. The standard InChI is InChI=1S/C22H22ClFN2O4S/c1-2-3-4-5-6-9-18(27)30-20(17-8-7-10-31-17)19-13-11-15(24)14(23)12-16(13)26(21(19)28)22(25)29/h7-8,10-12H,2-6,9H2,1H3,(H2,25,29)/b20-19+. The van der Waals surface area contributed by atoms with Crippen molar-refractivity contribution in [3.8, 4) is 0 Å². The number of urea groups is 1. The van der Waals surface area contributed by atoms with Crippen LogP contribution in [-0.2, 0) is 14.3 Å². The monoisotopic (exact) mass is 464 g/mol. The Morgan fingerprint density at radius 1 is 1.23 bits per heavy atom. The number of rotatable bonds is 8. The molecule has 2 N–H and O–H groups in total. The van der Waals surface area contributed by atoms with E-state index in [1.807, 2.05) is 0 Å². The van der Waals surface area contributed by atoms with E-state index in [4.69, 9.17) is 22.1 Å². The van der Waals surface area contributed by atoms with Gasteiger partial charge in [-0.15, -0.1) is 11.3 Å². The van der Waals surface area contributed by atoms with Gasteiger partial charge in [-0.25, -0.2) is 14.1 Å². The maximum atomic E-state index is 14.2. The molecule has 0 saturated carbocycles. The van der Waals surface area contributed by atoms with Crippen LogP contribution in [-0.4, -0.2) is 17.9 Å². The van der Waals surface area contributed by atoms with Gasteiger partial charge in [0.15, 0.2) is 5.76 Å². The molecule has 0 saturated heterocycles. The minimum absolute atomic E-state index is 0.0229. The first-order chi connectivity index (χ1) is 14.8. The maximum Gasteiger partial charge on any atom is 0.326 e. The number of halogens is 2. The van der Waals surface area contributed by atoms with Gasteiger partial charge < -0.3 is 10.5 Å². The molecule has 0 radical (unpaired) electrons. The van der Waals surface area contributed by atoms with Crippen molar-refractivity contribution in [1.82, 2.24) is 0 Å². The van der Waals surface area contributed by atoms with E-state index in [0.717, 1.165) is 37.8 Å². The quantitative estimate of drug-likeness (QED) is 0.233. The SMILES string of the molecule is CCCCCCCC(=O)O/C(=C1/C(=O)N(C(N)=O)c2cc(Cl)c(F)cc21)c1cccs1. The Morgan fingerprint density at radius 3 is 2.61 bits per heavy atom. The molecule has 1 aliphatic heterocycles. The summed E-state index contributed by atoms with van der Waals surface area (Å²) in [5, 5.41) is 1.49. The van der Waals surface area contributed by atoms with Gasteiger partial charge in [-0.2, -0.15) is 0 Å². The molecule has 6 nitrogen and oxygen atoms in total. The second kappa shape index (κ2) is 10.1. The molecule has 0 unspecified atom stereocenters. The predicted octanol–water partition coefficient (Wildman–Crippen LogP) is 5.74. The van der Waals surface area contributed by atoms with Crippen LogP contribution in [0.1, 0.15) is 55.9 Å². The number of primary amides is 1. The fourth-order valence-electron chi connectivity index (χ4n) is 3.37. The van der Waals surface area contributed by atoms with E-state index in [1.54, 1.807) is 17.5 Å². The number of nitrogens with two attached hydrogens (primary N) is 1. The van der Waals surface area contributed by atoms with Crippen molar-refractivity contribution in [1.29, 1.82) is 0 Å². The molecule has 0 spiro atoms. The Morgan fingerprint density at radius 2 is 1.97 bits per heavy atom. The third-order valence-corrected chi connectivity index (χ3v) is 6.02. The van der Waals surface area contributed by atoms with Gasteiger partial charge in [0, 0.05) is 12.0 Å². The zero-order valence-corrected chi connectivity index (χ0v) is 18.5. The summed E-state index contributed by atoms with van der Waals surface area (Å²) < 4.78 is 19.8. The minimum atomic E-state index is -1.04. The van der Waals surface area contributed by atoms with Gasteiger partial charge >= 0.3 is 12.0 Å². The molecule has 0 bridgehead atoms. The average molecular weight is 465 g/mol. The molecule has 0 fully saturated rings. The molecule has 1 aliphatic rings. The summed E-state index contributed by atoms with van der Waals surface area (Å²) in [7, 11) is 0. The topological polar surface area (TPSA) is 89.7 Å². The normalized spacial score (nSPS) is 14.5. The number of benzene rings is 1. The maximum absolute atomic E-state index is 14.2. The van der Waals surface area contributed by atoms with Gasteiger partial charge in [-0.1, -0.05) is 50.3 Å². The number of unbranched alkanes of at least 4 members (excludes halogenated alkanes) is 4. The van der Waals surface area contributed by atoms with Crippen molar-refractivity contribution in [3.05, 3.63) is 50.9 Å². The summed E-state index contributed by atoms with van der Waals surface area (Å²) in [5.41, 5.74) is 5.41. The summed E-state index contributed by atoms with van der Waals surface area (Å²) in [6, 6.07) is 4.56. The van der Waals surface area contributed by atoms with Gasteiger partial charge in [0.05, 0.1) is 21.2 Å². The molecule has 3 rings (SSSR count). The van der Waals surface area contributed by atoms with Crippen molar-refractivity contribution in [2.75, 3.05) is 4.90 Å². The first-order valence-corrected chi connectivity index (χ1v) is 11.2. The lowest BCUT2D eigenvalue weighted by molar-refractivity contribution is -0.136. The van der Waals surface area contributed by atoms with E-state index in [2.05, 4.69) is 6.92 Å². The number of ether oxygens (including phenoxy) is 1. The van der Waals surface area contributed by atoms with E-state index in [0.29, 0.717) is 16.2 Å². The van der Waals surface area contributed by atoms with Crippen LogP contribution in [0.2, 0.25) is 5.02 Å². The Hall–Kier alpha value is -2.71. The summed E-state index contributed by atoms with van der Waals surface area (Å²) >= 11 is 7.10. The van der Waals surface area contributed by atoms with Crippen LogP contribution >= 0.6 is 22.9 Å². The number of esters is 1. The number of thiophene rings is 1. The van der Waals surface area contributed by atoms with Crippen LogP contribution in [0.4, 0.5) is 14.9 Å². The van der Waals surface area contributed by atoms with Crippen LogP contribution in [0.15, 0.2) is 29.6 Å². The number of fused-ring (bicyclic) bond motifs is 1. The molecular formula is C22H22ClFN2O4S. The summed E-state index contributed by atoms with van der Waals surface area (Å²) in [5.74, 6) is -2.10. The molecule has 3 amide bonds. The molecule has 0 aliphatic carbocycles. The average Bonchev–Trinajstić information content (AvgIpc) is 3.33. The third kappa shape index (κ3) is 4.97. The Labute approximate surface area is 188 Å². The van der Waals surface area contributed by atoms with Crippen molar-refractivity contribution in [2.45, 2.75) is 45.4 Å².